The van der Waals surface area contributed by atoms with Crippen LogP contribution in [-0.4, -0.2) is 12.2 Å². The lowest BCUT2D eigenvalue weighted by Gasteiger charge is -2.58. The molecule has 4 aliphatic rings. The number of hydrogen-bond donors (Lipinski definition) is 1. The molecule has 3 nitrogen and oxygen atoms in total. The molecule has 0 unspecified atom stereocenters. The molecule has 7 atom stereocenters. The quantitative estimate of drug-likeness (QED) is 0.413. The molecular formula is C30H47NO2. The lowest BCUT2D eigenvalue weighted by Crippen LogP contribution is -2.50. The highest BCUT2D eigenvalue weighted by Crippen LogP contribution is 2.67. The van der Waals surface area contributed by atoms with E-state index in [1.165, 1.54) is 57.4 Å². The predicted molar refractivity (Wildman–Crippen MR) is 135 cm³/mol. The second kappa shape index (κ2) is 9.34. The molecule has 4 aliphatic carbocycles. The number of allylic oxidation sites excluding steroid dienone is 4. The Hall–Kier alpha value is -1.38. The monoisotopic (exact) mass is 453 g/mol. The van der Waals surface area contributed by atoms with Gasteiger partial charge in [0.2, 0.25) is 5.91 Å². The van der Waals surface area contributed by atoms with Gasteiger partial charge in [0.05, 0.1) is 0 Å². The van der Waals surface area contributed by atoms with Gasteiger partial charge in [-0.25, -0.2) is 0 Å². The third kappa shape index (κ3) is 4.27. The summed E-state index contributed by atoms with van der Waals surface area (Å²) in [6, 6.07) is 0. The van der Waals surface area contributed by atoms with Crippen molar-refractivity contribution in [1.29, 1.82) is 0 Å². The van der Waals surface area contributed by atoms with Gasteiger partial charge in [0, 0.05) is 18.2 Å². The van der Waals surface area contributed by atoms with E-state index in [0.717, 1.165) is 66.4 Å². The highest BCUT2D eigenvalue weighted by molar-refractivity contribution is 5.85. The van der Waals surface area contributed by atoms with Gasteiger partial charge < -0.3 is 5.32 Å². The Labute approximate surface area is 202 Å². The molecule has 2 saturated carbocycles. The molecule has 184 valence electrons. The van der Waals surface area contributed by atoms with Gasteiger partial charge in [-0.2, -0.15) is 0 Å². The summed E-state index contributed by atoms with van der Waals surface area (Å²) in [5.74, 6) is 4.69. The average Bonchev–Trinajstić information content (AvgIpc) is 3.10. The Morgan fingerprint density at radius 3 is 2.55 bits per heavy atom. The molecule has 33 heavy (non-hydrogen) atoms. The molecular weight excluding hydrogens is 406 g/mol. The summed E-state index contributed by atoms with van der Waals surface area (Å²) in [4.78, 5) is 23.8. The molecule has 0 aliphatic heterocycles. The first kappa shape index (κ1) is 24.7. The molecule has 0 bridgehead atoms. The van der Waals surface area contributed by atoms with Crippen LogP contribution in [0.1, 0.15) is 106 Å². The normalized spacial score (nSPS) is 38.8. The minimum atomic E-state index is -0.0739. The topological polar surface area (TPSA) is 46.2 Å². The maximum atomic E-state index is 12.1. The minimum Gasteiger partial charge on any atom is -0.329 e. The molecule has 1 amide bonds. The van der Waals surface area contributed by atoms with Crippen LogP contribution in [0, 0.1) is 46.3 Å². The summed E-state index contributed by atoms with van der Waals surface area (Å²) in [7, 11) is 0. The van der Waals surface area contributed by atoms with Crippen molar-refractivity contribution < 1.29 is 9.59 Å². The maximum Gasteiger partial charge on any atom is 0.221 e. The lowest BCUT2D eigenvalue weighted by atomic mass is 9.47. The van der Waals surface area contributed by atoms with Gasteiger partial charge in [0.25, 0.3) is 0 Å². The van der Waals surface area contributed by atoms with Crippen LogP contribution >= 0.6 is 0 Å². The SMILES string of the molecule is CC(=O)NC1=C(C=O)C2=CC[C@H]3[C@@H]4CC[C@H]([C@H](C)CCCC(C)C)[C@@]4(C)CC[C@@H]3[C@@]2(C)CC1. The Balaban J connectivity index is 1.56. The number of fused-ring (bicyclic) bond motifs is 5. The molecule has 0 saturated heterocycles. The third-order valence-electron chi connectivity index (χ3n) is 10.6. The summed E-state index contributed by atoms with van der Waals surface area (Å²) in [5, 5.41) is 2.96. The van der Waals surface area contributed by atoms with E-state index in [9.17, 15) is 9.59 Å². The summed E-state index contributed by atoms with van der Waals surface area (Å²) in [6.45, 7) is 13.8. The molecule has 0 heterocycles. The highest BCUT2D eigenvalue weighted by Gasteiger charge is 2.59. The summed E-state index contributed by atoms with van der Waals surface area (Å²) >= 11 is 0. The van der Waals surface area contributed by atoms with Gasteiger partial charge in [0.15, 0.2) is 6.29 Å². The van der Waals surface area contributed by atoms with E-state index in [4.69, 9.17) is 0 Å². The number of amides is 1. The van der Waals surface area contributed by atoms with Crippen LogP contribution < -0.4 is 5.32 Å². The van der Waals surface area contributed by atoms with Crippen LogP contribution in [0.15, 0.2) is 22.9 Å². The molecule has 4 rings (SSSR count). The molecule has 0 radical (unpaired) electrons. The van der Waals surface area contributed by atoms with Crippen molar-refractivity contribution in [2.24, 2.45) is 46.3 Å². The van der Waals surface area contributed by atoms with Crippen molar-refractivity contribution in [1.82, 2.24) is 5.32 Å². The van der Waals surface area contributed by atoms with Crippen molar-refractivity contribution in [2.45, 2.75) is 106 Å². The fraction of sp³-hybridized carbons (Fsp3) is 0.800. The van der Waals surface area contributed by atoms with Gasteiger partial charge in [-0.3, -0.25) is 9.59 Å². The van der Waals surface area contributed by atoms with E-state index in [-0.39, 0.29) is 11.3 Å². The standard InChI is InChI=1S/C30H47NO2/c1-19(2)8-7-9-20(3)24-12-13-25-22-10-11-26-23(18-32)28(31-21(4)33)15-17-30(26,6)27(22)14-16-29(24,25)5/h11,18-20,22,24-25,27H,7-10,12-17H2,1-6H3,(H,31,33)/t20-,22+,24-,25+,27+,29-,30+/m1/s1. The van der Waals surface area contributed by atoms with Crippen molar-refractivity contribution in [3.05, 3.63) is 22.9 Å². The van der Waals surface area contributed by atoms with Crippen molar-refractivity contribution >= 4 is 12.2 Å². The molecule has 3 heteroatoms. The first-order chi connectivity index (χ1) is 15.6. The Kier molecular flexibility index (Phi) is 7.00. The molecule has 2 fully saturated rings. The van der Waals surface area contributed by atoms with Gasteiger partial charge in [-0.05, 0) is 96.9 Å². The Bertz CT molecular complexity index is 838. The van der Waals surface area contributed by atoms with E-state index in [0.29, 0.717) is 11.3 Å². The number of nitrogens with one attached hydrogen (secondary N) is 1. The van der Waals surface area contributed by atoms with Crippen LogP contribution in [0.3, 0.4) is 0 Å². The summed E-state index contributed by atoms with van der Waals surface area (Å²) < 4.78 is 0. The number of carbonyl (C=O) groups excluding carboxylic acids is 2. The van der Waals surface area contributed by atoms with Crippen molar-refractivity contribution in [3.63, 3.8) is 0 Å². The first-order valence-electron chi connectivity index (χ1n) is 13.8. The number of hydrogen-bond acceptors (Lipinski definition) is 2. The fourth-order valence-electron chi connectivity index (χ4n) is 9.02. The smallest absolute Gasteiger partial charge is 0.221 e. The molecule has 0 aromatic heterocycles. The maximum absolute atomic E-state index is 12.1. The van der Waals surface area contributed by atoms with Gasteiger partial charge in [-0.15, -0.1) is 0 Å². The fourth-order valence-corrected chi connectivity index (χ4v) is 9.02. The second-order valence-electron chi connectivity index (χ2n) is 12.9. The zero-order chi connectivity index (χ0) is 24.0. The average molecular weight is 454 g/mol. The lowest BCUT2D eigenvalue weighted by molar-refractivity contribution is -0.118. The zero-order valence-electron chi connectivity index (χ0n) is 22.0. The summed E-state index contributed by atoms with van der Waals surface area (Å²) in [5.41, 5.74) is 3.40. The molecule has 0 aromatic rings. The Morgan fingerprint density at radius 1 is 1.12 bits per heavy atom. The van der Waals surface area contributed by atoms with Crippen molar-refractivity contribution in [3.8, 4) is 0 Å². The van der Waals surface area contributed by atoms with E-state index in [2.05, 4.69) is 46.0 Å². The number of aldehydes is 1. The molecule has 0 spiro atoms. The largest absolute Gasteiger partial charge is 0.329 e. The van der Waals surface area contributed by atoms with E-state index in [1.807, 2.05) is 0 Å². The van der Waals surface area contributed by atoms with Gasteiger partial charge >= 0.3 is 0 Å². The predicted octanol–water partition coefficient (Wildman–Crippen LogP) is 7.23. The van der Waals surface area contributed by atoms with E-state index in [1.54, 1.807) is 0 Å². The van der Waals surface area contributed by atoms with E-state index >= 15 is 0 Å². The molecule has 0 aromatic carbocycles. The number of rotatable bonds is 7. The van der Waals surface area contributed by atoms with Crippen LogP contribution in [0.5, 0.6) is 0 Å². The van der Waals surface area contributed by atoms with E-state index < -0.39 is 0 Å². The Morgan fingerprint density at radius 2 is 1.88 bits per heavy atom. The third-order valence-corrected chi connectivity index (χ3v) is 10.6. The minimum absolute atomic E-state index is 0.0728. The highest BCUT2D eigenvalue weighted by atomic mass is 16.1. The second-order valence-corrected chi connectivity index (χ2v) is 12.9. The van der Waals surface area contributed by atoms with Gasteiger partial charge in [-0.1, -0.05) is 60.0 Å². The van der Waals surface area contributed by atoms with Crippen molar-refractivity contribution in [2.75, 3.05) is 0 Å². The number of carbonyl (C=O) groups is 2. The van der Waals surface area contributed by atoms with Crippen LogP contribution in [0.4, 0.5) is 0 Å². The van der Waals surface area contributed by atoms with Crippen LogP contribution in [0.25, 0.3) is 0 Å². The summed E-state index contributed by atoms with van der Waals surface area (Å²) in [6.07, 6.45) is 15.9. The van der Waals surface area contributed by atoms with Crippen LogP contribution in [-0.2, 0) is 9.59 Å². The van der Waals surface area contributed by atoms with Gasteiger partial charge in [0.1, 0.15) is 0 Å². The zero-order valence-corrected chi connectivity index (χ0v) is 22.0. The molecule has 1 N–H and O–H groups in total. The van der Waals surface area contributed by atoms with Crippen LogP contribution in [0.2, 0.25) is 0 Å². The first-order valence-corrected chi connectivity index (χ1v) is 13.8.